The van der Waals surface area contributed by atoms with E-state index in [1.165, 1.54) is 17.3 Å². The van der Waals surface area contributed by atoms with Crippen molar-refractivity contribution in [2.75, 3.05) is 5.73 Å². The van der Waals surface area contributed by atoms with Crippen LogP contribution in [-0.4, -0.2) is 9.97 Å². The molecule has 0 unspecified atom stereocenters. The van der Waals surface area contributed by atoms with Crippen LogP contribution in [-0.2, 0) is 0 Å². The first-order valence-corrected chi connectivity index (χ1v) is 5.88. The Bertz CT molecular complexity index is 496. The molecule has 2 rings (SSSR count). The monoisotopic (exact) mass is 251 g/mol. The molecule has 2 N–H and O–H groups in total. The van der Waals surface area contributed by atoms with Gasteiger partial charge in [-0.05, 0) is 18.6 Å². The van der Waals surface area contributed by atoms with E-state index < -0.39 is 0 Å². The molecule has 82 valence electrons. The van der Waals surface area contributed by atoms with E-state index in [0.717, 1.165) is 9.92 Å². The van der Waals surface area contributed by atoms with E-state index in [-0.39, 0.29) is 5.95 Å². The first-order valence-electron chi connectivity index (χ1n) is 4.69. The summed E-state index contributed by atoms with van der Waals surface area (Å²) in [6.07, 6.45) is 0. The highest BCUT2D eigenvalue weighted by molar-refractivity contribution is 7.99. The molecular weight excluding hydrogens is 242 g/mol. The molecule has 0 spiro atoms. The minimum atomic E-state index is 0.198. The normalized spacial score (nSPS) is 10.4. The number of anilines is 1. The lowest BCUT2D eigenvalue weighted by Gasteiger charge is -2.04. The number of rotatable bonds is 2. The second-order valence-corrected chi connectivity index (χ2v) is 4.70. The van der Waals surface area contributed by atoms with Crippen LogP contribution >= 0.6 is 23.4 Å². The fourth-order valence-corrected chi connectivity index (χ4v) is 2.41. The number of nitrogens with zero attached hydrogens (tertiary/aromatic N) is 2. The summed E-state index contributed by atoms with van der Waals surface area (Å²) in [6.45, 7) is 2.05. The standard InChI is InChI=1S/C11H10ClN3S/c1-7-4-2-3-5-8(7)16-10-6-9(12)14-11(13)15-10/h2-6H,1H3,(H2,13,14,15). The highest BCUT2D eigenvalue weighted by Crippen LogP contribution is 2.29. The van der Waals surface area contributed by atoms with Crippen LogP contribution in [0.3, 0.4) is 0 Å². The van der Waals surface area contributed by atoms with Gasteiger partial charge in [-0.15, -0.1) is 0 Å². The molecule has 0 saturated heterocycles. The number of nitrogens with two attached hydrogens (primary N) is 1. The average molecular weight is 252 g/mol. The summed E-state index contributed by atoms with van der Waals surface area (Å²) in [7, 11) is 0. The van der Waals surface area contributed by atoms with Gasteiger partial charge in [0.1, 0.15) is 10.2 Å². The molecule has 2 aromatic rings. The van der Waals surface area contributed by atoms with E-state index in [1.54, 1.807) is 6.07 Å². The summed E-state index contributed by atoms with van der Waals surface area (Å²) in [6, 6.07) is 9.78. The van der Waals surface area contributed by atoms with Gasteiger partial charge >= 0.3 is 0 Å². The van der Waals surface area contributed by atoms with Crippen LogP contribution < -0.4 is 5.73 Å². The Morgan fingerprint density at radius 3 is 2.69 bits per heavy atom. The lowest BCUT2D eigenvalue weighted by atomic mass is 10.2. The molecular formula is C11H10ClN3S. The lowest BCUT2D eigenvalue weighted by Crippen LogP contribution is -1.95. The molecule has 0 radical (unpaired) electrons. The van der Waals surface area contributed by atoms with Crippen LogP contribution in [0, 0.1) is 6.92 Å². The molecule has 3 nitrogen and oxygen atoms in total. The second kappa shape index (κ2) is 4.72. The van der Waals surface area contributed by atoms with Gasteiger partial charge in [0.15, 0.2) is 0 Å². The number of benzene rings is 1. The summed E-state index contributed by atoms with van der Waals surface area (Å²) in [4.78, 5) is 9.07. The SMILES string of the molecule is Cc1ccccc1Sc1cc(Cl)nc(N)n1. The first kappa shape index (κ1) is 11.2. The zero-order valence-corrected chi connectivity index (χ0v) is 10.2. The fraction of sp³-hybridized carbons (Fsp3) is 0.0909. The van der Waals surface area contributed by atoms with Crippen molar-refractivity contribution in [2.45, 2.75) is 16.8 Å². The average Bonchev–Trinajstić information content (AvgIpc) is 2.20. The smallest absolute Gasteiger partial charge is 0.222 e. The predicted octanol–water partition coefficient (Wildman–Crippen LogP) is 3.17. The molecule has 0 aliphatic rings. The van der Waals surface area contributed by atoms with Gasteiger partial charge in [-0.1, -0.05) is 41.6 Å². The summed E-state index contributed by atoms with van der Waals surface area (Å²) >= 11 is 7.34. The van der Waals surface area contributed by atoms with E-state index in [9.17, 15) is 0 Å². The Labute approximate surface area is 103 Å². The third kappa shape index (κ3) is 2.65. The van der Waals surface area contributed by atoms with Crippen molar-refractivity contribution in [2.24, 2.45) is 0 Å². The molecule has 16 heavy (non-hydrogen) atoms. The molecule has 0 bridgehead atoms. The van der Waals surface area contributed by atoms with Crippen molar-refractivity contribution in [1.82, 2.24) is 9.97 Å². The van der Waals surface area contributed by atoms with Crippen LogP contribution in [0.25, 0.3) is 0 Å². The van der Waals surface area contributed by atoms with Crippen LogP contribution in [0.15, 0.2) is 40.3 Å². The number of nitrogen functional groups attached to an aromatic ring is 1. The highest BCUT2D eigenvalue weighted by atomic mass is 35.5. The Balaban J connectivity index is 2.30. The molecule has 0 aliphatic carbocycles. The second-order valence-electron chi connectivity index (χ2n) is 3.25. The molecule has 0 atom stereocenters. The molecule has 0 fully saturated rings. The summed E-state index contributed by atoms with van der Waals surface area (Å²) in [5.74, 6) is 0.198. The maximum atomic E-state index is 5.81. The van der Waals surface area contributed by atoms with Crippen molar-refractivity contribution in [3.05, 3.63) is 41.0 Å². The van der Waals surface area contributed by atoms with E-state index in [0.29, 0.717) is 5.15 Å². The number of aryl methyl sites for hydroxylation is 1. The Morgan fingerprint density at radius 1 is 1.25 bits per heavy atom. The molecule has 1 heterocycles. The van der Waals surface area contributed by atoms with E-state index >= 15 is 0 Å². The predicted molar refractivity (Wildman–Crippen MR) is 66.8 cm³/mol. The number of hydrogen-bond acceptors (Lipinski definition) is 4. The zero-order valence-electron chi connectivity index (χ0n) is 8.64. The van der Waals surface area contributed by atoms with Crippen molar-refractivity contribution >= 4 is 29.3 Å². The van der Waals surface area contributed by atoms with Crippen LogP contribution in [0.4, 0.5) is 5.95 Å². The van der Waals surface area contributed by atoms with Crippen molar-refractivity contribution in [3.63, 3.8) is 0 Å². The first-order chi connectivity index (χ1) is 7.65. The molecule has 1 aromatic heterocycles. The zero-order chi connectivity index (χ0) is 11.5. The van der Waals surface area contributed by atoms with Crippen molar-refractivity contribution in [3.8, 4) is 0 Å². The summed E-state index contributed by atoms with van der Waals surface area (Å²) in [5.41, 5.74) is 6.73. The van der Waals surface area contributed by atoms with E-state index in [2.05, 4.69) is 23.0 Å². The summed E-state index contributed by atoms with van der Waals surface area (Å²) < 4.78 is 0. The van der Waals surface area contributed by atoms with Gasteiger partial charge in [0.25, 0.3) is 0 Å². The minimum Gasteiger partial charge on any atom is -0.368 e. The maximum absolute atomic E-state index is 5.81. The van der Waals surface area contributed by atoms with Crippen molar-refractivity contribution in [1.29, 1.82) is 0 Å². The third-order valence-electron chi connectivity index (χ3n) is 2.00. The van der Waals surface area contributed by atoms with Crippen LogP contribution in [0.5, 0.6) is 0 Å². The van der Waals surface area contributed by atoms with Gasteiger partial charge in [-0.2, -0.15) is 0 Å². The quantitative estimate of drug-likeness (QED) is 0.833. The Kier molecular flexibility index (Phi) is 3.31. The molecule has 0 amide bonds. The maximum Gasteiger partial charge on any atom is 0.222 e. The Hall–Kier alpha value is -1.26. The number of hydrogen-bond donors (Lipinski definition) is 1. The Morgan fingerprint density at radius 2 is 2.00 bits per heavy atom. The largest absolute Gasteiger partial charge is 0.368 e. The minimum absolute atomic E-state index is 0.198. The molecule has 0 saturated carbocycles. The fourth-order valence-electron chi connectivity index (χ4n) is 1.25. The van der Waals surface area contributed by atoms with E-state index in [1.807, 2.05) is 18.2 Å². The van der Waals surface area contributed by atoms with Gasteiger partial charge < -0.3 is 5.73 Å². The number of halogens is 1. The molecule has 1 aromatic carbocycles. The van der Waals surface area contributed by atoms with Gasteiger partial charge in [-0.25, -0.2) is 9.97 Å². The van der Waals surface area contributed by atoms with Crippen LogP contribution in [0.2, 0.25) is 5.15 Å². The van der Waals surface area contributed by atoms with Crippen LogP contribution in [0.1, 0.15) is 5.56 Å². The third-order valence-corrected chi connectivity index (χ3v) is 3.29. The van der Waals surface area contributed by atoms with Crippen molar-refractivity contribution < 1.29 is 0 Å². The van der Waals surface area contributed by atoms with E-state index in [4.69, 9.17) is 17.3 Å². The molecule has 5 heteroatoms. The van der Waals surface area contributed by atoms with Gasteiger partial charge in [0.05, 0.1) is 0 Å². The number of aromatic nitrogens is 2. The summed E-state index contributed by atoms with van der Waals surface area (Å²) in [5, 5.41) is 1.12. The topological polar surface area (TPSA) is 51.8 Å². The van der Waals surface area contributed by atoms with Gasteiger partial charge in [-0.3, -0.25) is 0 Å². The van der Waals surface area contributed by atoms with Gasteiger partial charge in [0, 0.05) is 11.0 Å². The molecule has 0 aliphatic heterocycles. The lowest BCUT2D eigenvalue weighted by molar-refractivity contribution is 1.06. The highest BCUT2D eigenvalue weighted by Gasteiger charge is 2.04. The van der Waals surface area contributed by atoms with Gasteiger partial charge in [0.2, 0.25) is 5.95 Å².